The highest BCUT2D eigenvalue weighted by Gasteiger charge is 2.26. The van der Waals surface area contributed by atoms with Crippen molar-refractivity contribution in [3.63, 3.8) is 0 Å². The maximum Gasteiger partial charge on any atom is 0.243 e. The van der Waals surface area contributed by atoms with Crippen molar-refractivity contribution >= 4 is 19.9 Å². The van der Waals surface area contributed by atoms with Crippen molar-refractivity contribution < 1.29 is 21.6 Å². The molecule has 0 aliphatic carbocycles. The number of sulfone groups is 1. The zero-order valence-corrected chi connectivity index (χ0v) is 22.1. The summed E-state index contributed by atoms with van der Waals surface area (Å²) < 4.78 is 57.9. The zero-order chi connectivity index (χ0) is 24.9. The Kier molecular flexibility index (Phi) is 8.52. The molecule has 1 fully saturated rings. The summed E-state index contributed by atoms with van der Waals surface area (Å²) in [5.74, 6) is 0.757. The van der Waals surface area contributed by atoms with Gasteiger partial charge in [-0.15, -0.1) is 0 Å². The lowest BCUT2D eigenvalue weighted by molar-refractivity contribution is 0.137. The average Bonchev–Trinajstić information content (AvgIpc) is 2.84. The van der Waals surface area contributed by atoms with Gasteiger partial charge in [0, 0.05) is 25.4 Å². The first-order chi connectivity index (χ1) is 16.7. The molecule has 0 aromatic heterocycles. The van der Waals surface area contributed by atoms with Gasteiger partial charge in [-0.05, 0) is 93.6 Å². The van der Waals surface area contributed by atoms with Crippen LogP contribution in [0.5, 0.6) is 5.75 Å². The van der Waals surface area contributed by atoms with Crippen LogP contribution < -0.4 is 4.74 Å². The van der Waals surface area contributed by atoms with Gasteiger partial charge in [0.2, 0.25) is 10.0 Å². The standard InChI is InChI=1S/C26H36N2O5S2/c1-34(29,30)25-12-14-26(15-13-25)35(31,32)28-18-5-4-17-27-16-3-2-8-23(27)11-10-22-7-6-9-24(21-22)33-20-19-28/h6-7,9,12-15,21,23H,2-5,8,10-11,16-20H2,1H3. The van der Waals surface area contributed by atoms with Gasteiger partial charge in [-0.1, -0.05) is 18.6 Å². The quantitative estimate of drug-likeness (QED) is 0.613. The number of hydrogen-bond acceptors (Lipinski definition) is 6. The highest BCUT2D eigenvalue weighted by Crippen LogP contribution is 2.24. The Labute approximate surface area is 210 Å². The molecule has 2 heterocycles. The number of fused-ring (bicyclic) bond motifs is 3. The van der Waals surface area contributed by atoms with Gasteiger partial charge in [-0.25, -0.2) is 16.8 Å². The Morgan fingerprint density at radius 1 is 0.800 bits per heavy atom. The third-order valence-electron chi connectivity index (χ3n) is 7.02. The first-order valence-electron chi connectivity index (χ1n) is 12.5. The number of benzene rings is 2. The minimum absolute atomic E-state index is 0.0981. The van der Waals surface area contributed by atoms with Crippen LogP contribution in [0.25, 0.3) is 0 Å². The van der Waals surface area contributed by atoms with Gasteiger partial charge >= 0.3 is 0 Å². The minimum Gasteiger partial charge on any atom is -0.492 e. The van der Waals surface area contributed by atoms with Crippen molar-refractivity contribution in [1.29, 1.82) is 0 Å². The second kappa shape index (κ2) is 11.4. The number of rotatable bonds is 3. The van der Waals surface area contributed by atoms with E-state index in [-0.39, 0.29) is 22.9 Å². The Morgan fingerprint density at radius 2 is 1.49 bits per heavy atom. The fraction of sp³-hybridized carbons (Fsp3) is 0.538. The van der Waals surface area contributed by atoms with E-state index >= 15 is 0 Å². The molecule has 0 N–H and O–H groups in total. The van der Waals surface area contributed by atoms with E-state index < -0.39 is 19.9 Å². The van der Waals surface area contributed by atoms with Crippen LogP contribution in [-0.4, -0.2) is 71.1 Å². The van der Waals surface area contributed by atoms with E-state index in [4.69, 9.17) is 4.74 Å². The Hall–Kier alpha value is -1.94. The smallest absolute Gasteiger partial charge is 0.243 e. The van der Waals surface area contributed by atoms with Crippen LogP contribution in [0, 0.1) is 0 Å². The molecule has 1 unspecified atom stereocenters. The third-order valence-corrected chi connectivity index (χ3v) is 10.1. The molecule has 0 spiro atoms. The molecule has 2 aromatic carbocycles. The molecule has 1 saturated heterocycles. The van der Waals surface area contributed by atoms with Crippen LogP contribution in [-0.2, 0) is 26.3 Å². The minimum atomic E-state index is -3.78. The number of piperidine rings is 1. The molecule has 2 aliphatic rings. The van der Waals surface area contributed by atoms with Gasteiger partial charge in [0.25, 0.3) is 0 Å². The molecule has 4 rings (SSSR count). The molecule has 7 nitrogen and oxygen atoms in total. The van der Waals surface area contributed by atoms with E-state index in [0.29, 0.717) is 12.6 Å². The molecule has 9 heteroatoms. The van der Waals surface area contributed by atoms with Crippen molar-refractivity contribution in [2.24, 2.45) is 0 Å². The second-order valence-electron chi connectivity index (χ2n) is 9.57. The molecule has 0 saturated carbocycles. The molecule has 2 bridgehead atoms. The number of hydrogen-bond donors (Lipinski definition) is 0. The molecular formula is C26H36N2O5S2. The van der Waals surface area contributed by atoms with Crippen molar-refractivity contribution in [2.75, 3.05) is 39.0 Å². The Morgan fingerprint density at radius 3 is 2.23 bits per heavy atom. The third kappa shape index (κ3) is 6.84. The Balaban J connectivity index is 1.54. The molecule has 2 aliphatic heterocycles. The van der Waals surface area contributed by atoms with E-state index in [1.165, 1.54) is 53.4 Å². The molecule has 35 heavy (non-hydrogen) atoms. The van der Waals surface area contributed by atoms with Gasteiger partial charge in [-0.3, -0.25) is 0 Å². The predicted molar refractivity (Wildman–Crippen MR) is 137 cm³/mol. The molecule has 1 atom stereocenters. The van der Waals surface area contributed by atoms with Crippen molar-refractivity contribution in [2.45, 2.75) is 60.8 Å². The van der Waals surface area contributed by atoms with Crippen LogP contribution in [0.3, 0.4) is 0 Å². The fourth-order valence-corrected chi connectivity index (χ4v) is 7.13. The van der Waals surface area contributed by atoms with E-state index in [2.05, 4.69) is 17.0 Å². The van der Waals surface area contributed by atoms with Crippen molar-refractivity contribution in [3.8, 4) is 5.75 Å². The summed E-state index contributed by atoms with van der Waals surface area (Å²) >= 11 is 0. The van der Waals surface area contributed by atoms with Crippen LogP contribution in [0.4, 0.5) is 0 Å². The molecule has 192 valence electrons. The lowest BCUT2D eigenvalue weighted by atomic mass is 9.95. The van der Waals surface area contributed by atoms with E-state index in [0.717, 1.165) is 50.8 Å². The summed E-state index contributed by atoms with van der Waals surface area (Å²) in [6, 6.07) is 14.2. The molecule has 0 amide bonds. The summed E-state index contributed by atoms with van der Waals surface area (Å²) in [6.07, 6.45) is 8.68. The maximum absolute atomic E-state index is 13.5. The van der Waals surface area contributed by atoms with E-state index in [9.17, 15) is 16.8 Å². The van der Waals surface area contributed by atoms with Crippen LogP contribution in [0.2, 0.25) is 0 Å². The number of ether oxygens (including phenoxy) is 1. The number of aryl methyl sites for hydroxylation is 1. The predicted octanol–water partition coefficient (Wildman–Crippen LogP) is 3.74. The number of sulfonamides is 1. The average molecular weight is 521 g/mol. The monoisotopic (exact) mass is 520 g/mol. The largest absolute Gasteiger partial charge is 0.492 e. The van der Waals surface area contributed by atoms with Gasteiger partial charge in [0.1, 0.15) is 12.4 Å². The summed E-state index contributed by atoms with van der Waals surface area (Å²) in [5, 5.41) is 0. The fourth-order valence-electron chi connectivity index (χ4n) is 5.03. The first-order valence-corrected chi connectivity index (χ1v) is 15.8. The van der Waals surface area contributed by atoms with Crippen LogP contribution in [0.1, 0.15) is 44.1 Å². The maximum atomic E-state index is 13.5. The SMILES string of the molecule is CS(=O)(=O)c1ccc(S(=O)(=O)N2CCCCN3CCCCC3CCc3cccc(c3)OCC2)cc1. The van der Waals surface area contributed by atoms with E-state index in [1.54, 1.807) is 0 Å². The zero-order valence-electron chi connectivity index (χ0n) is 20.4. The number of nitrogens with zero attached hydrogens (tertiary/aromatic N) is 2. The lowest BCUT2D eigenvalue weighted by Gasteiger charge is -2.36. The van der Waals surface area contributed by atoms with Crippen molar-refractivity contribution in [1.82, 2.24) is 9.21 Å². The topological polar surface area (TPSA) is 84.0 Å². The lowest BCUT2D eigenvalue weighted by Crippen LogP contribution is -2.40. The molecule has 2 aromatic rings. The molecular weight excluding hydrogens is 484 g/mol. The van der Waals surface area contributed by atoms with Gasteiger partial charge in [0.15, 0.2) is 9.84 Å². The Bertz CT molecular complexity index is 1200. The van der Waals surface area contributed by atoms with Crippen LogP contribution >= 0.6 is 0 Å². The highest BCUT2D eigenvalue weighted by molar-refractivity contribution is 7.90. The van der Waals surface area contributed by atoms with Crippen molar-refractivity contribution in [3.05, 3.63) is 54.1 Å². The van der Waals surface area contributed by atoms with Gasteiger partial charge < -0.3 is 9.64 Å². The normalized spacial score (nSPS) is 21.8. The first kappa shape index (κ1) is 26.1. The van der Waals surface area contributed by atoms with Crippen LogP contribution in [0.15, 0.2) is 58.3 Å². The van der Waals surface area contributed by atoms with Gasteiger partial charge in [-0.2, -0.15) is 4.31 Å². The summed E-state index contributed by atoms with van der Waals surface area (Å²) in [4.78, 5) is 2.79. The van der Waals surface area contributed by atoms with E-state index in [1.807, 2.05) is 12.1 Å². The molecule has 0 radical (unpaired) electrons. The second-order valence-corrected chi connectivity index (χ2v) is 13.5. The summed E-state index contributed by atoms with van der Waals surface area (Å²) in [7, 11) is -7.18. The van der Waals surface area contributed by atoms with Gasteiger partial charge in [0.05, 0.1) is 9.79 Å². The summed E-state index contributed by atoms with van der Waals surface area (Å²) in [6.45, 7) is 2.98. The summed E-state index contributed by atoms with van der Waals surface area (Å²) in [5.41, 5.74) is 1.25. The highest BCUT2D eigenvalue weighted by atomic mass is 32.2.